The maximum Gasteiger partial charge on any atom is 0.224 e. The van der Waals surface area contributed by atoms with Crippen molar-refractivity contribution in [2.75, 3.05) is 29.2 Å². The van der Waals surface area contributed by atoms with E-state index in [-0.39, 0.29) is 17.5 Å². The zero-order valence-electron chi connectivity index (χ0n) is 13.4. The van der Waals surface area contributed by atoms with Gasteiger partial charge in [0.25, 0.3) is 0 Å². The molecule has 0 aliphatic carbocycles. The zero-order valence-corrected chi connectivity index (χ0v) is 14.2. The van der Waals surface area contributed by atoms with E-state index in [1.165, 1.54) is 0 Å². The topological polar surface area (TPSA) is 93.2 Å². The number of rotatable bonds is 6. The average molecular weight is 348 g/mol. The summed E-state index contributed by atoms with van der Waals surface area (Å²) in [5, 5.41) is 6.32. The molecule has 1 saturated heterocycles. The van der Waals surface area contributed by atoms with Crippen molar-refractivity contribution in [1.29, 1.82) is 0 Å². The van der Waals surface area contributed by atoms with Crippen molar-refractivity contribution in [2.24, 2.45) is 0 Å². The van der Waals surface area contributed by atoms with Gasteiger partial charge in [0.05, 0.1) is 18.6 Å². The minimum Gasteiger partial charge on any atom is -0.496 e. The molecule has 8 heteroatoms. The third-order valence-corrected chi connectivity index (χ3v) is 5.64. The molecule has 0 radical (unpaired) electrons. The van der Waals surface area contributed by atoms with E-state index in [2.05, 4.69) is 20.6 Å². The largest absolute Gasteiger partial charge is 0.496 e. The van der Waals surface area contributed by atoms with Crippen molar-refractivity contribution in [1.82, 2.24) is 9.97 Å². The Bertz CT molecular complexity index is 810. The van der Waals surface area contributed by atoms with Gasteiger partial charge >= 0.3 is 0 Å². The molecule has 7 nitrogen and oxygen atoms in total. The van der Waals surface area contributed by atoms with Gasteiger partial charge in [0.15, 0.2) is 9.84 Å². The molecule has 1 aliphatic heterocycles. The van der Waals surface area contributed by atoms with Crippen LogP contribution in [0.25, 0.3) is 0 Å². The number of nitrogens with zero attached hydrogens (tertiary/aromatic N) is 2. The first-order chi connectivity index (χ1) is 11.6. The number of nitrogens with one attached hydrogen (secondary N) is 2. The van der Waals surface area contributed by atoms with E-state index in [0.717, 1.165) is 11.3 Å². The molecular formula is C16H20N4O3S. The summed E-state index contributed by atoms with van der Waals surface area (Å²) in [6.45, 7) is 0.568. The number of anilines is 2. The second-order valence-corrected chi connectivity index (χ2v) is 7.90. The number of para-hydroxylation sites is 1. The van der Waals surface area contributed by atoms with Gasteiger partial charge in [-0.3, -0.25) is 0 Å². The molecule has 1 fully saturated rings. The summed E-state index contributed by atoms with van der Waals surface area (Å²) in [5.41, 5.74) is 1.02. The van der Waals surface area contributed by atoms with E-state index < -0.39 is 9.84 Å². The quantitative estimate of drug-likeness (QED) is 0.820. The molecule has 1 unspecified atom stereocenters. The van der Waals surface area contributed by atoms with Crippen molar-refractivity contribution in [3.8, 4) is 5.75 Å². The van der Waals surface area contributed by atoms with Gasteiger partial charge in [0.2, 0.25) is 5.95 Å². The monoisotopic (exact) mass is 348 g/mol. The van der Waals surface area contributed by atoms with Crippen LogP contribution < -0.4 is 15.4 Å². The first-order valence-electron chi connectivity index (χ1n) is 7.71. The lowest BCUT2D eigenvalue weighted by Crippen LogP contribution is -2.22. The lowest BCUT2D eigenvalue weighted by Gasteiger charge is -2.13. The standard InChI is InChI=1S/C16H20N4O3S/c1-23-14-5-3-2-4-12(14)10-18-15-6-8-17-16(20-15)19-13-7-9-24(21,22)11-13/h2-6,8,13H,7,9-11H2,1H3,(H2,17,18,19,20). The second-order valence-electron chi connectivity index (χ2n) is 5.68. The Balaban J connectivity index is 1.63. The number of ether oxygens (including phenoxy) is 1. The molecule has 2 heterocycles. The molecule has 1 aromatic heterocycles. The predicted molar refractivity (Wildman–Crippen MR) is 93.0 cm³/mol. The van der Waals surface area contributed by atoms with Gasteiger partial charge in [-0.2, -0.15) is 4.98 Å². The summed E-state index contributed by atoms with van der Waals surface area (Å²) in [6.07, 6.45) is 2.23. The molecular weight excluding hydrogens is 328 g/mol. The molecule has 3 rings (SSSR count). The highest BCUT2D eigenvalue weighted by atomic mass is 32.2. The van der Waals surface area contributed by atoms with E-state index in [0.29, 0.717) is 24.7 Å². The molecule has 1 atom stereocenters. The highest BCUT2D eigenvalue weighted by Crippen LogP contribution is 2.19. The first-order valence-corrected chi connectivity index (χ1v) is 9.54. The molecule has 0 spiro atoms. The van der Waals surface area contributed by atoms with Gasteiger partial charge in [0, 0.05) is 24.3 Å². The lowest BCUT2D eigenvalue weighted by atomic mass is 10.2. The molecule has 2 aromatic rings. The molecule has 1 aromatic carbocycles. The normalized spacial score (nSPS) is 19.0. The van der Waals surface area contributed by atoms with Crippen LogP contribution >= 0.6 is 0 Å². The number of hydrogen-bond donors (Lipinski definition) is 2. The Labute approximate surface area is 141 Å². The van der Waals surface area contributed by atoms with Gasteiger partial charge in [-0.15, -0.1) is 0 Å². The Hall–Kier alpha value is -2.35. The Morgan fingerprint density at radius 2 is 2.12 bits per heavy atom. The minimum absolute atomic E-state index is 0.125. The average Bonchev–Trinajstić information content (AvgIpc) is 2.92. The van der Waals surface area contributed by atoms with Crippen LogP contribution in [0.5, 0.6) is 5.75 Å². The minimum atomic E-state index is -2.93. The first kappa shape index (κ1) is 16.5. The number of aromatic nitrogens is 2. The van der Waals surface area contributed by atoms with E-state index >= 15 is 0 Å². The number of sulfone groups is 1. The van der Waals surface area contributed by atoms with Gasteiger partial charge in [-0.1, -0.05) is 18.2 Å². The van der Waals surface area contributed by atoms with Crippen molar-refractivity contribution in [2.45, 2.75) is 19.0 Å². The molecule has 24 heavy (non-hydrogen) atoms. The van der Waals surface area contributed by atoms with Crippen molar-refractivity contribution < 1.29 is 13.2 Å². The maximum absolute atomic E-state index is 11.5. The fourth-order valence-electron chi connectivity index (χ4n) is 2.65. The van der Waals surface area contributed by atoms with Gasteiger partial charge in [0.1, 0.15) is 11.6 Å². The summed E-state index contributed by atoms with van der Waals surface area (Å²) in [4.78, 5) is 8.54. The predicted octanol–water partition coefficient (Wildman–Crippen LogP) is 1.70. The second kappa shape index (κ2) is 7.04. The summed E-state index contributed by atoms with van der Waals surface area (Å²) in [6, 6.07) is 9.41. The van der Waals surface area contributed by atoms with Crippen LogP contribution in [0.4, 0.5) is 11.8 Å². The Morgan fingerprint density at radius 1 is 1.29 bits per heavy atom. The number of benzene rings is 1. The molecule has 1 aliphatic rings. The summed E-state index contributed by atoms with van der Waals surface area (Å²) >= 11 is 0. The fourth-order valence-corrected chi connectivity index (χ4v) is 4.33. The van der Waals surface area contributed by atoms with Gasteiger partial charge < -0.3 is 15.4 Å². The Kier molecular flexibility index (Phi) is 4.84. The van der Waals surface area contributed by atoms with Crippen LogP contribution in [0, 0.1) is 0 Å². The van der Waals surface area contributed by atoms with Crippen LogP contribution in [0.3, 0.4) is 0 Å². The maximum atomic E-state index is 11.5. The van der Waals surface area contributed by atoms with Crippen molar-refractivity contribution in [3.63, 3.8) is 0 Å². The summed E-state index contributed by atoms with van der Waals surface area (Å²) in [7, 11) is -1.29. The molecule has 0 bridgehead atoms. The molecule has 0 saturated carbocycles. The SMILES string of the molecule is COc1ccccc1CNc1ccnc(NC2CCS(=O)(=O)C2)n1. The van der Waals surface area contributed by atoms with E-state index in [9.17, 15) is 8.42 Å². The van der Waals surface area contributed by atoms with Crippen molar-refractivity contribution in [3.05, 3.63) is 42.1 Å². The van der Waals surface area contributed by atoms with Gasteiger partial charge in [-0.05, 0) is 18.6 Å². The number of methoxy groups -OCH3 is 1. The third kappa shape index (κ3) is 4.14. The third-order valence-electron chi connectivity index (χ3n) is 3.87. The number of hydrogen-bond acceptors (Lipinski definition) is 7. The van der Waals surface area contributed by atoms with Gasteiger partial charge in [-0.25, -0.2) is 13.4 Å². The fraction of sp³-hybridized carbons (Fsp3) is 0.375. The molecule has 2 N–H and O–H groups in total. The molecule has 128 valence electrons. The zero-order chi connectivity index (χ0) is 17.0. The van der Waals surface area contributed by atoms with Crippen LogP contribution in [0.15, 0.2) is 36.5 Å². The summed E-state index contributed by atoms with van der Waals surface area (Å²) < 4.78 is 28.3. The van der Waals surface area contributed by atoms with E-state index in [4.69, 9.17) is 4.74 Å². The van der Waals surface area contributed by atoms with E-state index in [1.54, 1.807) is 19.4 Å². The highest BCUT2D eigenvalue weighted by molar-refractivity contribution is 7.91. The van der Waals surface area contributed by atoms with Crippen molar-refractivity contribution >= 4 is 21.6 Å². The highest BCUT2D eigenvalue weighted by Gasteiger charge is 2.28. The smallest absolute Gasteiger partial charge is 0.224 e. The summed E-state index contributed by atoms with van der Waals surface area (Å²) in [5.74, 6) is 2.26. The van der Waals surface area contributed by atoms with Crippen LogP contribution in [0.2, 0.25) is 0 Å². The van der Waals surface area contributed by atoms with Crippen LogP contribution in [0.1, 0.15) is 12.0 Å². The molecule has 0 amide bonds. The lowest BCUT2D eigenvalue weighted by molar-refractivity contribution is 0.410. The van der Waals surface area contributed by atoms with E-state index in [1.807, 2.05) is 24.3 Å². The van der Waals surface area contributed by atoms with Crippen LogP contribution in [-0.2, 0) is 16.4 Å². The Morgan fingerprint density at radius 3 is 2.88 bits per heavy atom. The van der Waals surface area contributed by atoms with Crippen LogP contribution in [-0.4, -0.2) is 43.0 Å².